The van der Waals surface area contributed by atoms with E-state index in [2.05, 4.69) is 9.88 Å². The first-order chi connectivity index (χ1) is 13.3. The van der Waals surface area contributed by atoms with Crippen LogP contribution in [0, 0.1) is 11.8 Å². The predicted octanol–water partition coefficient (Wildman–Crippen LogP) is 0.619. The summed E-state index contributed by atoms with van der Waals surface area (Å²) in [4.78, 5) is 18.1. The number of aromatic amines is 1. The number of aromatic nitrogens is 2. The van der Waals surface area contributed by atoms with Crippen LogP contribution in [0.1, 0.15) is 63.1 Å². The molecular formula is C22H37AlLiN3O2. The molecule has 1 aromatic carbocycles. The number of rotatable bonds is 4. The van der Waals surface area contributed by atoms with Crippen molar-refractivity contribution in [3.63, 3.8) is 0 Å². The predicted molar refractivity (Wildman–Crippen MR) is 119 cm³/mol. The number of imidazole rings is 1. The van der Waals surface area contributed by atoms with E-state index in [1.54, 1.807) is 0 Å². The molecule has 5 nitrogen and oxygen atoms in total. The van der Waals surface area contributed by atoms with E-state index in [1.807, 2.05) is 28.8 Å². The number of likely N-dealkylation sites (tertiary alicyclic amines) is 1. The van der Waals surface area contributed by atoms with Crippen molar-refractivity contribution in [3.8, 4) is 0 Å². The Morgan fingerprint density at radius 2 is 1.76 bits per heavy atom. The van der Waals surface area contributed by atoms with E-state index < -0.39 is 0 Å². The van der Waals surface area contributed by atoms with Crippen molar-refractivity contribution in [2.75, 3.05) is 26.2 Å². The summed E-state index contributed by atoms with van der Waals surface area (Å²) in [6.07, 6.45) is 10.6. The van der Waals surface area contributed by atoms with Gasteiger partial charge in [0, 0.05) is 38.2 Å². The normalized spacial score (nSPS) is 24.3. The summed E-state index contributed by atoms with van der Waals surface area (Å²) in [5.41, 5.74) is 1.80. The molecule has 2 atom stereocenters. The first-order valence-electron chi connectivity index (χ1n) is 10.8. The van der Waals surface area contributed by atoms with Gasteiger partial charge in [-0.2, -0.15) is 0 Å². The SMILES string of the molecule is O=c1[nH]c2ccccc2n1C1CCN(CC2CCCCCCC2)CC1CO.[Al+3].[H-].[H-].[H-].[H-].[Li+]. The summed E-state index contributed by atoms with van der Waals surface area (Å²) in [6, 6.07) is 7.95. The molecule has 0 amide bonds. The van der Waals surface area contributed by atoms with Gasteiger partial charge < -0.3 is 20.7 Å². The molecule has 1 aliphatic heterocycles. The van der Waals surface area contributed by atoms with E-state index in [4.69, 9.17) is 0 Å². The van der Waals surface area contributed by atoms with Crippen LogP contribution in [0.15, 0.2) is 29.1 Å². The molecule has 4 rings (SSSR count). The minimum absolute atomic E-state index is 0. The van der Waals surface area contributed by atoms with Crippen LogP contribution in [-0.4, -0.2) is 63.2 Å². The number of nitrogens with one attached hydrogen (secondary N) is 1. The maximum absolute atomic E-state index is 12.6. The van der Waals surface area contributed by atoms with Gasteiger partial charge in [0.15, 0.2) is 0 Å². The number of aliphatic hydroxyl groups excluding tert-OH is 1. The second-order valence-corrected chi connectivity index (χ2v) is 8.59. The Hall–Kier alpha value is -0.460. The van der Waals surface area contributed by atoms with Crippen LogP contribution >= 0.6 is 0 Å². The first-order valence-corrected chi connectivity index (χ1v) is 10.8. The van der Waals surface area contributed by atoms with Gasteiger partial charge in [0.25, 0.3) is 0 Å². The number of nitrogens with zero attached hydrogens (tertiary/aromatic N) is 2. The van der Waals surface area contributed by atoms with E-state index in [1.165, 1.54) is 44.9 Å². The Morgan fingerprint density at radius 3 is 2.48 bits per heavy atom. The van der Waals surface area contributed by atoms with Crippen LogP contribution in [-0.2, 0) is 0 Å². The fraction of sp³-hybridized carbons (Fsp3) is 0.682. The third-order valence-corrected chi connectivity index (χ3v) is 6.71. The summed E-state index contributed by atoms with van der Waals surface area (Å²) in [7, 11) is 0. The number of piperidine rings is 1. The van der Waals surface area contributed by atoms with E-state index in [-0.39, 0.29) is 66.2 Å². The van der Waals surface area contributed by atoms with Crippen LogP contribution in [0.5, 0.6) is 0 Å². The molecule has 2 unspecified atom stereocenters. The molecule has 2 aromatic rings. The van der Waals surface area contributed by atoms with E-state index >= 15 is 0 Å². The average Bonchev–Trinajstić information content (AvgIpc) is 2.99. The zero-order chi connectivity index (χ0) is 18.6. The van der Waals surface area contributed by atoms with Crippen molar-refractivity contribution < 1.29 is 29.7 Å². The quantitative estimate of drug-likeness (QED) is 0.728. The van der Waals surface area contributed by atoms with Gasteiger partial charge >= 0.3 is 41.9 Å². The summed E-state index contributed by atoms with van der Waals surface area (Å²) in [6.45, 7) is 3.21. The molecule has 7 heteroatoms. The summed E-state index contributed by atoms with van der Waals surface area (Å²) in [5, 5.41) is 10.1. The van der Waals surface area contributed by atoms with Crippen LogP contribution < -0.4 is 24.6 Å². The number of para-hydroxylation sites is 2. The van der Waals surface area contributed by atoms with Gasteiger partial charge in [0.2, 0.25) is 0 Å². The smallest absolute Gasteiger partial charge is 1.00 e. The van der Waals surface area contributed by atoms with Crippen molar-refractivity contribution in [2.24, 2.45) is 11.8 Å². The zero-order valence-electron chi connectivity index (χ0n) is 21.9. The number of hydrogen-bond donors (Lipinski definition) is 2. The Balaban J connectivity index is -0.00000150. The molecule has 1 aromatic heterocycles. The van der Waals surface area contributed by atoms with Crippen molar-refractivity contribution in [1.29, 1.82) is 0 Å². The number of aliphatic hydroxyl groups is 1. The second kappa shape index (κ2) is 11.8. The molecule has 2 aliphatic rings. The summed E-state index contributed by atoms with van der Waals surface area (Å²) in [5.74, 6) is 0.918. The van der Waals surface area contributed by atoms with Crippen molar-refractivity contribution in [1.82, 2.24) is 14.5 Å². The number of hydrogen-bond acceptors (Lipinski definition) is 3. The van der Waals surface area contributed by atoms with Gasteiger partial charge in [-0.05, 0) is 37.3 Å². The zero-order valence-corrected chi connectivity index (χ0v) is 19.0. The van der Waals surface area contributed by atoms with Crippen LogP contribution in [0.3, 0.4) is 0 Å². The molecule has 0 spiro atoms. The molecule has 29 heavy (non-hydrogen) atoms. The largest absolute Gasteiger partial charge is 3.00 e. The van der Waals surface area contributed by atoms with Crippen LogP contribution in [0.4, 0.5) is 0 Å². The maximum atomic E-state index is 12.6. The Labute approximate surface area is 202 Å². The molecule has 1 saturated carbocycles. The maximum Gasteiger partial charge on any atom is 3.00 e. The van der Waals surface area contributed by atoms with Gasteiger partial charge in [0.1, 0.15) is 0 Å². The van der Waals surface area contributed by atoms with Crippen LogP contribution in [0.25, 0.3) is 11.0 Å². The summed E-state index contributed by atoms with van der Waals surface area (Å²) >= 11 is 0. The molecule has 2 fully saturated rings. The molecular weight excluding hydrogens is 372 g/mol. The van der Waals surface area contributed by atoms with Gasteiger partial charge in [-0.15, -0.1) is 0 Å². The van der Waals surface area contributed by atoms with Gasteiger partial charge in [-0.1, -0.05) is 44.2 Å². The molecule has 0 bridgehead atoms. The van der Waals surface area contributed by atoms with Gasteiger partial charge in [-0.25, -0.2) is 4.79 Å². The average molecular weight is 409 g/mol. The molecule has 1 aliphatic carbocycles. The minimum atomic E-state index is -0.0480. The molecule has 0 radical (unpaired) electrons. The van der Waals surface area contributed by atoms with E-state index in [0.717, 1.165) is 43.0 Å². The Morgan fingerprint density at radius 1 is 1.07 bits per heavy atom. The Kier molecular flexibility index (Phi) is 10.1. The molecule has 156 valence electrons. The number of benzene rings is 1. The minimum Gasteiger partial charge on any atom is -1.00 e. The topological polar surface area (TPSA) is 61.3 Å². The third kappa shape index (κ3) is 5.82. The standard InChI is InChI=1S/C22H33N3O2.Al.Li.4H/c26-16-18-15-24(14-17-8-4-2-1-3-5-9-17)13-12-20(18)25-21-11-7-6-10-19(21)23-22(25)27;;;;;;/h6-7,10-11,17-18,20,26H,1-5,8-9,12-16H2,(H,23,27);;;;;;/q;+3;+1;4*-1. The Bertz CT molecular complexity index is 818. The van der Waals surface area contributed by atoms with Crippen molar-refractivity contribution >= 4 is 28.4 Å². The fourth-order valence-corrected chi connectivity index (χ4v) is 5.27. The fourth-order valence-electron chi connectivity index (χ4n) is 5.27. The van der Waals surface area contributed by atoms with Crippen molar-refractivity contribution in [2.45, 2.75) is 57.4 Å². The molecule has 1 saturated heterocycles. The van der Waals surface area contributed by atoms with Crippen LogP contribution in [0.2, 0.25) is 0 Å². The number of H-pyrrole nitrogens is 1. The van der Waals surface area contributed by atoms with Gasteiger partial charge in [-0.3, -0.25) is 4.57 Å². The summed E-state index contributed by atoms with van der Waals surface area (Å²) < 4.78 is 1.89. The molecule has 2 N–H and O–H groups in total. The third-order valence-electron chi connectivity index (χ3n) is 6.71. The van der Waals surface area contributed by atoms with Crippen molar-refractivity contribution in [3.05, 3.63) is 34.7 Å². The second-order valence-electron chi connectivity index (χ2n) is 8.59. The monoisotopic (exact) mass is 409 g/mol. The van der Waals surface area contributed by atoms with Gasteiger partial charge in [0.05, 0.1) is 11.0 Å². The first kappa shape index (κ1) is 24.8. The molecule has 2 heterocycles. The van der Waals surface area contributed by atoms with E-state index in [9.17, 15) is 9.90 Å². The van der Waals surface area contributed by atoms with E-state index in [0.29, 0.717) is 0 Å². The number of fused-ring (bicyclic) bond motifs is 1.